The van der Waals surface area contributed by atoms with Gasteiger partial charge in [-0.05, 0) is 41.8 Å². The molecule has 1 amide bonds. The van der Waals surface area contributed by atoms with Gasteiger partial charge in [-0.25, -0.2) is 9.37 Å². The first-order valence-electron chi connectivity index (χ1n) is 10.00. The van der Waals surface area contributed by atoms with Crippen LogP contribution in [-0.2, 0) is 23.8 Å². The average molecular weight is 457 g/mol. The highest BCUT2D eigenvalue weighted by Crippen LogP contribution is 2.36. The van der Waals surface area contributed by atoms with Gasteiger partial charge in [-0.1, -0.05) is 23.8 Å². The van der Waals surface area contributed by atoms with Crippen LogP contribution in [-0.4, -0.2) is 23.0 Å². The highest BCUT2D eigenvalue weighted by atomic mass is 19.4. The highest BCUT2D eigenvalue weighted by molar-refractivity contribution is 5.92. The number of nitrogens with one attached hydrogen (secondary N) is 1. The molecule has 5 nitrogen and oxygen atoms in total. The first kappa shape index (κ1) is 22.4. The maximum absolute atomic E-state index is 14.7. The van der Waals surface area contributed by atoms with Gasteiger partial charge in [-0.2, -0.15) is 13.2 Å². The fraction of sp³-hybridized carbons (Fsp3) is 0.208. The fourth-order valence-electron chi connectivity index (χ4n) is 3.66. The normalized spacial score (nSPS) is 12.8. The van der Waals surface area contributed by atoms with Crippen molar-refractivity contribution in [3.63, 3.8) is 0 Å². The van der Waals surface area contributed by atoms with Crippen molar-refractivity contribution in [2.45, 2.75) is 25.9 Å². The van der Waals surface area contributed by atoms with Crippen molar-refractivity contribution in [1.82, 2.24) is 9.97 Å². The van der Waals surface area contributed by atoms with Gasteiger partial charge in [0.1, 0.15) is 11.4 Å². The molecule has 0 spiro atoms. The lowest BCUT2D eigenvalue weighted by molar-refractivity contribution is -0.139. The number of methoxy groups -OCH3 is 1. The van der Waals surface area contributed by atoms with E-state index in [1.807, 2.05) is 19.1 Å². The van der Waals surface area contributed by atoms with Crippen molar-refractivity contribution < 1.29 is 27.1 Å². The number of ether oxygens (including phenoxy) is 1. The zero-order valence-electron chi connectivity index (χ0n) is 17.8. The molecular weight excluding hydrogens is 438 g/mol. The van der Waals surface area contributed by atoms with Crippen molar-refractivity contribution in [3.8, 4) is 17.0 Å². The summed E-state index contributed by atoms with van der Waals surface area (Å²) in [5, 5.41) is 2.32. The molecule has 0 fully saturated rings. The summed E-state index contributed by atoms with van der Waals surface area (Å²) in [6.45, 7) is 2.02. The van der Waals surface area contributed by atoms with Gasteiger partial charge < -0.3 is 10.1 Å². The van der Waals surface area contributed by atoms with Crippen LogP contribution >= 0.6 is 0 Å². The predicted molar refractivity (Wildman–Crippen MR) is 115 cm³/mol. The molecule has 1 N–H and O–H groups in total. The average Bonchev–Trinajstić information content (AvgIpc) is 3.13. The number of nitrogens with zero attached hydrogens (tertiary/aromatic N) is 2. The largest absolute Gasteiger partial charge is 0.481 e. The molecule has 1 aliphatic rings. The van der Waals surface area contributed by atoms with E-state index >= 15 is 0 Å². The SMILES string of the molecule is COc1ncc(NC(=O)Cc2ccc(-c3cnc4c(c3)C=C(C)C4)cc2F)cc1C(F)(F)F. The second-order valence-electron chi connectivity index (χ2n) is 7.74. The van der Waals surface area contributed by atoms with Crippen molar-refractivity contribution in [1.29, 1.82) is 0 Å². The molecule has 4 rings (SSSR count). The Morgan fingerprint density at radius 2 is 1.91 bits per heavy atom. The molecule has 0 bridgehead atoms. The topological polar surface area (TPSA) is 64.1 Å². The lowest BCUT2D eigenvalue weighted by atomic mass is 10.0. The van der Waals surface area contributed by atoms with Crippen molar-refractivity contribution in [2.24, 2.45) is 0 Å². The van der Waals surface area contributed by atoms with Crippen LogP contribution in [0.2, 0.25) is 0 Å². The summed E-state index contributed by atoms with van der Waals surface area (Å²) in [5.41, 5.74) is 3.36. The number of amides is 1. The maximum atomic E-state index is 14.7. The van der Waals surface area contributed by atoms with Crippen LogP contribution in [0.3, 0.4) is 0 Å². The van der Waals surface area contributed by atoms with Crippen LogP contribution in [0.15, 0.2) is 48.3 Å². The molecule has 0 saturated carbocycles. The van der Waals surface area contributed by atoms with Gasteiger partial charge in [0.25, 0.3) is 0 Å². The van der Waals surface area contributed by atoms with Gasteiger partial charge in [0, 0.05) is 18.2 Å². The first-order valence-corrected chi connectivity index (χ1v) is 10.00. The van der Waals surface area contributed by atoms with E-state index in [2.05, 4.69) is 20.0 Å². The molecule has 3 aromatic rings. The molecule has 2 aromatic heterocycles. The zero-order valence-corrected chi connectivity index (χ0v) is 17.8. The lowest BCUT2D eigenvalue weighted by Crippen LogP contribution is -2.17. The minimum absolute atomic E-state index is 0.110. The number of hydrogen-bond donors (Lipinski definition) is 1. The third kappa shape index (κ3) is 4.87. The molecule has 0 unspecified atom stereocenters. The van der Waals surface area contributed by atoms with Gasteiger partial charge >= 0.3 is 6.18 Å². The maximum Gasteiger partial charge on any atom is 0.421 e. The molecule has 9 heteroatoms. The van der Waals surface area contributed by atoms with Gasteiger partial charge in [0.2, 0.25) is 11.8 Å². The van der Waals surface area contributed by atoms with Crippen molar-refractivity contribution in [3.05, 3.63) is 76.5 Å². The second-order valence-corrected chi connectivity index (χ2v) is 7.74. The number of fused-ring (bicyclic) bond motifs is 1. The minimum atomic E-state index is -4.71. The van der Waals surface area contributed by atoms with E-state index in [1.165, 1.54) is 17.7 Å². The summed E-state index contributed by atoms with van der Waals surface area (Å²) in [7, 11) is 1.07. The summed E-state index contributed by atoms with van der Waals surface area (Å²) in [4.78, 5) is 20.3. The van der Waals surface area contributed by atoms with Crippen LogP contribution in [0.1, 0.15) is 29.3 Å². The van der Waals surface area contributed by atoms with Crippen molar-refractivity contribution >= 4 is 17.7 Å². The third-order valence-corrected chi connectivity index (χ3v) is 5.22. The highest BCUT2D eigenvalue weighted by Gasteiger charge is 2.35. The molecule has 33 heavy (non-hydrogen) atoms. The Labute approximate surface area is 187 Å². The van der Waals surface area contributed by atoms with E-state index in [9.17, 15) is 22.4 Å². The molecule has 2 heterocycles. The second kappa shape index (κ2) is 8.65. The van der Waals surface area contributed by atoms with E-state index in [0.29, 0.717) is 5.56 Å². The quantitative estimate of drug-likeness (QED) is 0.518. The van der Waals surface area contributed by atoms with Crippen LogP contribution in [0.4, 0.5) is 23.2 Å². The van der Waals surface area contributed by atoms with E-state index < -0.39 is 29.3 Å². The monoisotopic (exact) mass is 457 g/mol. The Bertz CT molecular complexity index is 1270. The fourth-order valence-corrected chi connectivity index (χ4v) is 3.66. The molecule has 170 valence electrons. The summed E-state index contributed by atoms with van der Waals surface area (Å²) >= 11 is 0. The molecule has 1 aliphatic carbocycles. The number of allylic oxidation sites excluding steroid dienone is 1. The van der Waals surface area contributed by atoms with Gasteiger partial charge in [-0.3, -0.25) is 9.78 Å². The molecule has 0 aliphatic heterocycles. The Morgan fingerprint density at radius 3 is 2.61 bits per heavy atom. The van der Waals surface area contributed by atoms with Crippen LogP contribution < -0.4 is 10.1 Å². The van der Waals surface area contributed by atoms with Crippen LogP contribution in [0.25, 0.3) is 17.2 Å². The molecule has 0 saturated heterocycles. The van der Waals surface area contributed by atoms with Crippen LogP contribution in [0, 0.1) is 5.82 Å². The molecule has 0 radical (unpaired) electrons. The minimum Gasteiger partial charge on any atom is -0.481 e. The number of carbonyl (C=O) groups is 1. The lowest BCUT2D eigenvalue weighted by Gasteiger charge is -2.13. The number of anilines is 1. The number of hydrogen-bond acceptors (Lipinski definition) is 4. The number of rotatable bonds is 5. The van der Waals surface area contributed by atoms with E-state index in [1.54, 1.807) is 12.3 Å². The Hall–Kier alpha value is -3.75. The number of pyridine rings is 2. The van der Waals surface area contributed by atoms with E-state index in [0.717, 1.165) is 42.6 Å². The standard InChI is InChI=1S/C24H19F4N3O2/c1-13-5-16-7-17(11-29-21(16)6-13)14-3-4-15(20(25)8-14)9-22(32)31-18-10-19(24(26,27)28)23(33-2)30-12-18/h3-5,7-8,10-12H,6,9H2,1-2H3,(H,31,32). The Kier molecular flexibility index (Phi) is 5.88. The third-order valence-electron chi connectivity index (χ3n) is 5.22. The van der Waals surface area contributed by atoms with Crippen LogP contribution in [0.5, 0.6) is 5.88 Å². The van der Waals surface area contributed by atoms with Gasteiger partial charge in [0.15, 0.2) is 0 Å². The molecule has 1 aromatic carbocycles. The number of benzene rings is 1. The summed E-state index contributed by atoms with van der Waals surface area (Å²) in [6, 6.07) is 7.13. The first-order chi connectivity index (χ1) is 15.6. The van der Waals surface area contributed by atoms with Gasteiger partial charge in [-0.15, -0.1) is 0 Å². The smallest absolute Gasteiger partial charge is 0.421 e. The Balaban J connectivity index is 1.49. The predicted octanol–water partition coefficient (Wildman–Crippen LogP) is 5.45. The van der Waals surface area contributed by atoms with Gasteiger partial charge in [0.05, 0.1) is 31.1 Å². The molecule has 0 atom stereocenters. The summed E-state index contributed by atoms with van der Waals surface area (Å²) in [6.07, 6.45) is 0.501. The van der Waals surface area contributed by atoms with E-state index in [-0.39, 0.29) is 17.7 Å². The molecular formula is C24H19F4N3O2. The van der Waals surface area contributed by atoms with Crippen molar-refractivity contribution in [2.75, 3.05) is 12.4 Å². The number of carbonyl (C=O) groups excluding carboxylic acids is 1. The summed E-state index contributed by atoms with van der Waals surface area (Å²) < 4.78 is 58.7. The number of alkyl halides is 3. The zero-order chi connectivity index (χ0) is 23.8. The van der Waals surface area contributed by atoms with E-state index in [4.69, 9.17) is 0 Å². The Morgan fingerprint density at radius 1 is 1.12 bits per heavy atom. The summed E-state index contributed by atoms with van der Waals surface area (Å²) in [5.74, 6) is -1.88. The number of aromatic nitrogens is 2. The number of halogens is 4.